The van der Waals surface area contributed by atoms with Gasteiger partial charge in [0.1, 0.15) is 4.90 Å². The van der Waals surface area contributed by atoms with Gasteiger partial charge in [-0.05, 0) is 21.0 Å². The van der Waals surface area contributed by atoms with E-state index in [1.807, 2.05) is 25.9 Å². The minimum atomic E-state index is -3.49. The fourth-order valence-electron chi connectivity index (χ4n) is 1.57. The molecule has 0 aliphatic carbocycles. The maximum Gasteiger partial charge on any atom is 0.243 e. The monoisotopic (exact) mass is 317 g/mol. The van der Waals surface area contributed by atoms with Gasteiger partial charge in [0.25, 0.3) is 0 Å². The van der Waals surface area contributed by atoms with E-state index in [0.717, 1.165) is 6.54 Å². The Morgan fingerprint density at radius 1 is 1.33 bits per heavy atom. The third-order valence-corrected chi connectivity index (χ3v) is 4.64. The first kappa shape index (κ1) is 18.1. The van der Waals surface area contributed by atoms with Crippen molar-refractivity contribution in [3.05, 3.63) is 12.4 Å². The topological polar surface area (TPSA) is 79.3 Å². The highest BCUT2D eigenvalue weighted by atomic mass is 32.2. The zero-order chi connectivity index (χ0) is 16.0. The van der Waals surface area contributed by atoms with Gasteiger partial charge in [-0.1, -0.05) is 13.8 Å². The van der Waals surface area contributed by atoms with Crippen LogP contribution in [0.25, 0.3) is 0 Å². The summed E-state index contributed by atoms with van der Waals surface area (Å²) in [7, 11) is 0.341. The Labute approximate surface area is 127 Å². The van der Waals surface area contributed by atoms with Crippen molar-refractivity contribution in [2.24, 2.45) is 0 Å². The second-order valence-corrected chi connectivity index (χ2v) is 7.48. The summed E-state index contributed by atoms with van der Waals surface area (Å²) in [5.41, 5.74) is 0. The molecule has 1 heterocycles. The van der Waals surface area contributed by atoms with E-state index in [9.17, 15) is 8.42 Å². The van der Waals surface area contributed by atoms with Gasteiger partial charge in [0.05, 0.1) is 12.7 Å². The van der Waals surface area contributed by atoms with Crippen LogP contribution in [0.15, 0.2) is 17.3 Å². The summed E-state index contributed by atoms with van der Waals surface area (Å²) in [5.74, 6) is 0. The average Bonchev–Trinajstić information content (AvgIpc) is 2.85. The summed E-state index contributed by atoms with van der Waals surface area (Å²) in [4.78, 5) is 2.17. The minimum Gasteiger partial charge on any atom is -0.313 e. The van der Waals surface area contributed by atoms with Crippen LogP contribution in [0, 0.1) is 0 Å². The van der Waals surface area contributed by atoms with Crippen molar-refractivity contribution >= 4 is 10.0 Å². The third-order valence-electron chi connectivity index (χ3n) is 3.26. The molecule has 0 bridgehead atoms. The lowest BCUT2D eigenvalue weighted by Crippen LogP contribution is -2.38. The Morgan fingerprint density at radius 3 is 2.57 bits per heavy atom. The molecule has 2 N–H and O–H groups in total. The molecule has 1 atom stereocenters. The fraction of sp³-hybridized carbons (Fsp3) is 0.769. The van der Waals surface area contributed by atoms with Crippen LogP contribution in [0.4, 0.5) is 0 Å². The molecule has 0 spiro atoms. The van der Waals surface area contributed by atoms with Gasteiger partial charge in [0, 0.05) is 31.4 Å². The van der Waals surface area contributed by atoms with Gasteiger partial charge in [0.15, 0.2) is 0 Å². The van der Waals surface area contributed by atoms with E-state index in [4.69, 9.17) is 0 Å². The maximum atomic E-state index is 12.2. The van der Waals surface area contributed by atoms with Gasteiger partial charge in [0.2, 0.25) is 10.0 Å². The van der Waals surface area contributed by atoms with Crippen LogP contribution in [-0.4, -0.2) is 62.4 Å². The predicted molar refractivity (Wildman–Crippen MR) is 83.7 cm³/mol. The normalized spacial score (nSPS) is 14.0. The molecule has 0 saturated carbocycles. The predicted octanol–water partition coefficient (Wildman–Crippen LogP) is 0.110. The van der Waals surface area contributed by atoms with E-state index < -0.39 is 10.0 Å². The van der Waals surface area contributed by atoms with Crippen LogP contribution < -0.4 is 10.0 Å². The first-order chi connectivity index (χ1) is 9.72. The highest BCUT2D eigenvalue weighted by molar-refractivity contribution is 7.89. The molecule has 0 aliphatic heterocycles. The standard InChI is InChI=1S/C13H27N5O2S/c1-11(2)14-6-7-18-10-13(9-15-18)21(19,20)16-8-12(3)17(4)5/h9-12,14,16H,6-8H2,1-5H3. The summed E-state index contributed by atoms with van der Waals surface area (Å²) in [5, 5.41) is 7.35. The Hall–Kier alpha value is -0.960. The largest absolute Gasteiger partial charge is 0.313 e. The van der Waals surface area contributed by atoms with E-state index in [1.54, 1.807) is 10.9 Å². The molecule has 122 valence electrons. The number of nitrogens with one attached hydrogen (secondary N) is 2. The molecule has 0 aliphatic rings. The second-order valence-electron chi connectivity index (χ2n) is 5.71. The highest BCUT2D eigenvalue weighted by Gasteiger charge is 2.17. The molecule has 1 aromatic heterocycles. The molecule has 0 saturated heterocycles. The third kappa shape index (κ3) is 6.13. The number of aromatic nitrogens is 2. The summed E-state index contributed by atoms with van der Waals surface area (Å²) in [6, 6.07) is 0.531. The number of hydrogen-bond donors (Lipinski definition) is 2. The van der Waals surface area contributed by atoms with E-state index in [-0.39, 0.29) is 10.9 Å². The van der Waals surface area contributed by atoms with Crippen molar-refractivity contribution in [3.63, 3.8) is 0 Å². The van der Waals surface area contributed by atoms with Crippen molar-refractivity contribution in [1.82, 2.24) is 24.7 Å². The van der Waals surface area contributed by atoms with Crippen LogP contribution in [0.5, 0.6) is 0 Å². The van der Waals surface area contributed by atoms with E-state index >= 15 is 0 Å². The van der Waals surface area contributed by atoms with Crippen molar-refractivity contribution in [3.8, 4) is 0 Å². The quantitative estimate of drug-likeness (QED) is 0.676. The average molecular weight is 317 g/mol. The summed E-state index contributed by atoms with van der Waals surface area (Å²) in [6.07, 6.45) is 2.95. The van der Waals surface area contributed by atoms with E-state index in [2.05, 4.69) is 29.0 Å². The van der Waals surface area contributed by atoms with Crippen LogP contribution >= 0.6 is 0 Å². The van der Waals surface area contributed by atoms with Gasteiger partial charge in [-0.3, -0.25) is 4.68 Å². The second kappa shape index (κ2) is 7.88. The Morgan fingerprint density at radius 2 is 2.00 bits per heavy atom. The van der Waals surface area contributed by atoms with Gasteiger partial charge in [-0.2, -0.15) is 5.10 Å². The van der Waals surface area contributed by atoms with Crippen LogP contribution in [0.1, 0.15) is 20.8 Å². The lowest BCUT2D eigenvalue weighted by Gasteiger charge is -2.19. The van der Waals surface area contributed by atoms with Gasteiger partial charge < -0.3 is 10.2 Å². The molecule has 7 nitrogen and oxygen atoms in total. The van der Waals surface area contributed by atoms with Crippen molar-refractivity contribution < 1.29 is 8.42 Å². The van der Waals surface area contributed by atoms with Crippen molar-refractivity contribution in [1.29, 1.82) is 0 Å². The number of nitrogens with zero attached hydrogens (tertiary/aromatic N) is 3. The van der Waals surface area contributed by atoms with Gasteiger partial charge in [-0.25, -0.2) is 13.1 Å². The fourth-order valence-corrected chi connectivity index (χ4v) is 2.64. The number of sulfonamides is 1. The van der Waals surface area contributed by atoms with Gasteiger partial charge >= 0.3 is 0 Å². The molecular formula is C13H27N5O2S. The molecule has 1 unspecified atom stereocenters. The zero-order valence-electron chi connectivity index (χ0n) is 13.5. The number of likely N-dealkylation sites (N-methyl/N-ethyl adjacent to an activating group) is 1. The molecule has 21 heavy (non-hydrogen) atoms. The minimum absolute atomic E-state index is 0.130. The van der Waals surface area contributed by atoms with Crippen LogP contribution in [0.3, 0.4) is 0 Å². The van der Waals surface area contributed by atoms with Crippen LogP contribution in [0.2, 0.25) is 0 Å². The molecule has 0 amide bonds. The van der Waals surface area contributed by atoms with Crippen LogP contribution in [-0.2, 0) is 16.6 Å². The number of hydrogen-bond acceptors (Lipinski definition) is 5. The molecule has 0 radical (unpaired) electrons. The molecular weight excluding hydrogens is 290 g/mol. The highest BCUT2D eigenvalue weighted by Crippen LogP contribution is 2.07. The Balaban J connectivity index is 2.57. The van der Waals surface area contributed by atoms with Gasteiger partial charge in [-0.15, -0.1) is 0 Å². The Kier molecular flexibility index (Phi) is 6.79. The smallest absolute Gasteiger partial charge is 0.243 e. The summed E-state index contributed by atoms with van der Waals surface area (Å²) in [6.45, 7) is 7.86. The summed E-state index contributed by atoms with van der Waals surface area (Å²) < 4.78 is 28.6. The molecule has 0 aromatic carbocycles. The molecule has 8 heteroatoms. The van der Waals surface area contributed by atoms with Crippen molar-refractivity contribution in [2.75, 3.05) is 27.2 Å². The zero-order valence-corrected chi connectivity index (χ0v) is 14.3. The van der Waals surface area contributed by atoms with Crippen molar-refractivity contribution in [2.45, 2.75) is 44.3 Å². The first-order valence-corrected chi connectivity index (χ1v) is 8.62. The summed E-state index contributed by atoms with van der Waals surface area (Å²) >= 11 is 0. The lowest BCUT2D eigenvalue weighted by molar-refractivity contribution is 0.314. The lowest BCUT2D eigenvalue weighted by atomic mass is 10.3. The SMILES string of the molecule is CC(C)NCCn1cc(S(=O)(=O)NCC(C)N(C)C)cn1. The number of rotatable bonds is 9. The van der Waals surface area contributed by atoms with E-state index in [1.165, 1.54) is 6.20 Å². The molecule has 1 aromatic rings. The Bertz CT molecular complexity index is 524. The molecule has 1 rings (SSSR count). The maximum absolute atomic E-state index is 12.2. The van der Waals surface area contributed by atoms with E-state index in [0.29, 0.717) is 19.1 Å². The first-order valence-electron chi connectivity index (χ1n) is 7.14. The molecule has 0 fully saturated rings.